The van der Waals surface area contributed by atoms with Gasteiger partial charge in [0.15, 0.2) is 18.9 Å². The summed E-state index contributed by atoms with van der Waals surface area (Å²) in [6.45, 7) is 9.79. The zero-order valence-electron chi connectivity index (χ0n) is 71.1. The predicted octanol–water partition coefficient (Wildman–Crippen LogP) is -5.43. The average molecular weight is 1790 g/mol. The molecule has 0 spiro atoms. The lowest BCUT2D eigenvalue weighted by Crippen LogP contribution is -2.66. The van der Waals surface area contributed by atoms with E-state index in [-0.39, 0.29) is 182 Å². The van der Waals surface area contributed by atoms with Crippen LogP contribution in [-0.2, 0) is 168 Å². The molecule has 0 aromatic carbocycles. The molecular weight excluding hydrogens is 1660 g/mol. The molecule has 6 saturated heterocycles. The summed E-state index contributed by atoms with van der Waals surface area (Å²) in [5, 5.41) is 100. The van der Waals surface area contributed by atoms with Crippen molar-refractivity contribution in [1.82, 2.24) is 71.1 Å². The number of amides is 6. The summed E-state index contributed by atoms with van der Waals surface area (Å²) in [6, 6.07) is -1.83. The normalized spacial score (nSPS) is 26.0. The van der Waals surface area contributed by atoms with E-state index in [2.05, 4.69) is 52.2 Å². The molecule has 0 saturated carbocycles. The Kier molecular flexibility index (Phi) is 42.7. The fourth-order valence-electron chi connectivity index (χ4n) is 14.5. The standard InChI is InChI=1S/C78H126N14O33/c1-55(93)80-66-68(100)71(103)77(53-121-73(66)124-77)50-115-37-34-112-31-28-109-25-22-106-19-16-90-41-58(84-87-90)44-118-47-75(82-62(97)10-5-3-7-13-79-61(96)9-6-4-8-14-92-63(98)11-12-64(92)99,46-117-43-57-40-89(86-83-57)15-18-105-21-24-108-27-30-111-33-36-114-49-76-52-120-65(123-76)39-60(95)70(76)102)48-119-45-59-42-91(88-85-59)17-20-107-23-26-110-29-32-113-35-38-116-51-78-54-122-74(125-78)67(81-56(2)94)69(101)72(78)104/h11-12,40-42,60,65-74,95,100-104H,3-10,13-39,43-54H2,1-2H3,(H,79,96)(H,80,93)(H,81,94)(H,82,97)/t60-,65+,66-,67-,68-,69-,70-,71-,72-,73+,74+,76+,77+,78+/m1/s1. The van der Waals surface area contributed by atoms with Crippen LogP contribution in [0.5, 0.6) is 0 Å². The Labute approximate surface area is 723 Å². The maximum Gasteiger partial charge on any atom is 0.253 e. The predicted molar refractivity (Wildman–Crippen MR) is 422 cm³/mol. The van der Waals surface area contributed by atoms with E-state index in [1.54, 1.807) is 32.6 Å². The van der Waals surface area contributed by atoms with Gasteiger partial charge in [-0.15, -0.1) is 15.3 Å². The molecule has 7 aliphatic heterocycles. The molecule has 6 bridgehead atoms. The third-order valence-electron chi connectivity index (χ3n) is 21.1. The number of hydrogen-bond donors (Lipinski definition) is 10. The van der Waals surface area contributed by atoms with Gasteiger partial charge in [-0.3, -0.25) is 33.7 Å². The van der Waals surface area contributed by atoms with E-state index >= 15 is 0 Å². The fraction of sp³-hybridized carbons (Fsp3) is 0.821. The molecule has 47 heteroatoms. The third-order valence-corrected chi connectivity index (χ3v) is 21.1. The molecule has 10 heterocycles. The molecular formula is C78H126N14O33. The second-order valence-electron chi connectivity index (χ2n) is 31.2. The van der Waals surface area contributed by atoms with E-state index in [0.29, 0.717) is 167 Å². The zero-order valence-corrected chi connectivity index (χ0v) is 71.1. The monoisotopic (exact) mass is 1790 g/mol. The molecule has 10 N–H and O–H groups in total. The SMILES string of the molecule is CC(=O)N[C@H]1[C@H]2OC[C@](COCCOCCOCCOCCn3cc(COCC(COCc4cn(CCOCCOCCOCCOC[C@@]56CO[C@@H](O5)[C@H](NC(C)=O)[C@@H](O)[C@H]6O)nn4)(COCc4cn(CCOCCOCCOCCOC[C@]56CO[C@H](C[C@@H](O)[C@H]5O)O6)nn4)NC(=O)CCCCCNC(=O)CCCCCN4C(=O)C=CC4=O)nn3)(O2)[C@H](O)[C@@H]1O. The van der Waals surface area contributed by atoms with Crippen molar-refractivity contribution in [2.75, 3.05) is 211 Å². The molecule has 125 heavy (non-hydrogen) atoms. The minimum Gasteiger partial charge on any atom is -0.390 e. The van der Waals surface area contributed by atoms with Crippen LogP contribution in [0.15, 0.2) is 30.7 Å². The minimum absolute atomic E-state index is 0.0191. The number of carbonyl (C=O) groups excluding carboxylic acids is 6. The number of aliphatic hydroxyl groups excluding tert-OH is 6. The number of nitrogens with zero attached hydrogens (tertiary/aromatic N) is 10. The van der Waals surface area contributed by atoms with E-state index in [0.717, 1.165) is 0 Å². The van der Waals surface area contributed by atoms with Crippen molar-refractivity contribution in [2.45, 2.75) is 201 Å². The lowest BCUT2D eigenvalue weighted by atomic mass is 9.88. The van der Waals surface area contributed by atoms with E-state index < -0.39 is 102 Å². The first-order valence-corrected chi connectivity index (χ1v) is 42.6. The fourth-order valence-corrected chi connectivity index (χ4v) is 14.5. The maximum absolute atomic E-state index is 14.2. The molecule has 3 aromatic rings. The number of nitrogens with one attached hydrogen (secondary N) is 4. The third kappa shape index (κ3) is 32.6. The Balaban J connectivity index is 0.651. The summed E-state index contributed by atoms with van der Waals surface area (Å²) in [5.74, 6) is -1.88. The quantitative estimate of drug-likeness (QED) is 0.0186. The van der Waals surface area contributed by atoms with Gasteiger partial charge in [-0.2, -0.15) is 0 Å². The second kappa shape index (κ2) is 53.3. The largest absolute Gasteiger partial charge is 0.390 e. The van der Waals surface area contributed by atoms with E-state index in [9.17, 15) is 59.4 Å². The highest BCUT2D eigenvalue weighted by Crippen LogP contribution is 2.40. The molecule has 47 nitrogen and oxygen atoms in total. The van der Waals surface area contributed by atoms with E-state index in [1.165, 1.54) is 30.9 Å². The molecule has 7 aliphatic rings. The first-order chi connectivity index (χ1) is 60.7. The molecule has 0 unspecified atom stereocenters. The number of carbonyl (C=O) groups is 6. The van der Waals surface area contributed by atoms with Gasteiger partial charge in [0, 0.05) is 58.4 Å². The molecule has 6 fully saturated rings. The van der Waals surface area contributed by atoms with Crippen LogP contribution in [0.2, 0.25) is 0 Å². The van der Waals surface area contributed by atoms with Gasteiger partial charge in [-0.05, 0) is 25.7 Å². The molecule has 10 rings (SSSR count). The van der Waals surface area contributed by atoms with Gasteiger partial charge in [0.25, 0.3) is 11.8 Å². The molecule has 706 valence electrons. The molecule has 0 aliphatic carbocycles. The molecule has 6 amide bonds. The highest BCUT2D eigenvalue weighted by molar-refractivity contribution is 6.12. The lowest BCUT2D eigenvalue weighted by Gasteiger charge is -2.42. The van der Waals surface area contributed by atoms with Crippen molar-refractivity contribution in [2.24, 2.45) is 0 Å². The van der Waals surface area contributed by atoms with Crippen molar-refractivity contribution < 1.29 is 159 Å². The van der Waals surface area contributed by atoms with Crippen molar-refractivity contribution >= 4 is 35.4 Å². The van der Waals surface area contributed by atoms with Crippen LogP contribution in [0.3, 0.4) is 0 Å². The summed E-state index contributed by atoms with van der Waals surface area (Å²) in [5.41, 5.74) is -3.52. The Hall–Kier alpha value is -6.90. The summed E-state index contributed by atoms with van der Waals surface area (Å²) >= 11 is 0. The first-order valence-electron chi connectivity index (χ1n) is 42.6. The van der Waals surface area contributed by atoms with Crippen molar-refractivity contribution in [3.8, 4) is 0 Å². The maximum atomic E-state index is 14.2. The van der Waals surface area contributed by atoms with Gasteiger partial charge in [0.1, 0.15) is 82.0 Å². The van der Waals surface area contributed by atoms with Crippen LogP contribution in [0.4, 0.5) is 0 Å². The Bertz CT molecular complexity index is 3550. The Morgan fingerprint density at radius 2 is 0.792 bits per heavy atom. The van der Waals surface area contributed by atoms with Gasteiger partial charge in [-0.25, -0.2) is 14.0 Å². The summed E-state index contributed by atoms with van der Waals surface area (Å²) in [7, 11) is 0. The first kappa shape index (κ1) is 100. The van der Waals surface area contributed by atoms with Gasteiger partial charge >= 0.3 is 0 Å². The number of aromatic nitrogens is 9. The highest BCUT2D eigenvalue weighted by atomic mass is 16.8. The smallest absolute Gasteiger partial charge is 0.253 e. The number of hydrogen-bond acceptors (Lipinski definition) is 39. The van der Waals surface area contributed by atoms with E-state index in [1.807, 2.05) is 0 Å². The summed E-state index contributed by atoms with van der Waals surface area (Å²) in [6.07, 6.45) is 2.08. The van der Waals surface area contributed by atoms with E-state index in [4.69, 9.17) is 99.5 Å². The number of unbranched alkanes of at least 4 members (excludes halogenated alkanes) is 4. The van der Waals surface area contributed by atoms with Gasteiger partial charge in [-0.1, -0.05) is 28.5 Å². The Morgan fingerprint density at radius 1 is 0.432 bits per heavy atom. The number of imide groups is 1. The Morgan fingerprint density at radius 3 is 1.19 bits per heavy atom. The number of aliphatic hydroxyl groups is 6. The number of ether oxygens (including phenoxy) is 21. The number of fused-ring (bicyclic) bond motifs is 6. The van der Waals surface area contributed by atoms with Gasteiger partial charge < -0.3 is 151 Å². The lowest BCUT2D eigenvalue weighted by molar-refractivity contribution is -0.238. The van der Waals surface area contributed by atoms with Crippen LogP contribution >= 0.6 is 0 Å². The van der Waals surface area contributed by atoms with Crippen LogP contribution in [0.1, 0.15) is 88.7 Å². The summed E-state index contributed by atoms with van der Waals surface area (Å²) < 4.78 is 127. The van der Waals surface area contributed by atoms with Gasteiger partial charge in [0.2, 0.25) is 23.6 Å². The summed E-state index contributed by atoms with van der Waals surface area (Å²) in [4.78, 5) is 75.1. The van der Waals surface area contributed by atoms with Crippen LogP contribution < -0.4 is 21.3 Å². The van der Waals surface area contributed by atoms with Crippen molar-refractivity contribution in [1.29, 1.82) is 0 Å². The highest BCUT2D eigenvalue weighted by Gasteiger charge is 2.61. The average Bonchev–Trinajstić information content (AvgIpc) is 1.60. The molecule has 14 atom stereocenters. The number of rotatable bonds is 69. The molecule has 0 radical (unpaired) electrons. The zero-order chi connectivity index (χ0) is 88.5. The second-order valence-corrected chi connectivity index (χ2v) is 31.2. The van der Waals surface area contributed by atoms with Gasteiger partial charge in [0.05, 0.1) is 262 Å². The van der Waals surface area contributed by atoms with Crippen molar-refractivity contribution in [3.05, 3.63) is 47.8 Å². The topological polar surface area (TPSA) is 561 Å². The van der Waals surface area contributed by atoms with Crippen LogP contribution in [0, 0.1) is 0 Å². The van der Waals surface area contributed by atoms with Crippen LogP contribution in [-0.4, -0.2) is 417 Å². The van der Waals surface area contributed by atoms with Crippen LogP contribution in [0.25, 0.3) is 0 Å². The molecule has 3 aromatic heterocycles. The minimum atomic E-state index is -1.35. The van der Waals surface area contributed by atoms with Crippen molar-refractivity contribution in [3.63, 3.8) is 0 Å².